The highest BCUT2D eigenvalue weighted by atomic mass is 16.7. The van der Waals surface area contributed by atoms with Gasteiger partial charge in [0.25, 0.3) is 0 Å². The first-order valence-corrected chi connectivity index (χ1v) is 7.74. The number of carbonyl (C=O) groups is 1. The third-order valence-corrected chi connectivity index (χ3v) is 4.83. The van der Waals surface area contributed by atoms with Crippen LogP contribution in [0.2, 0.25) is 0 Å². The summed E-state index contributed by atoms with van der Waals surface area (Å²) in [4.78, 5) is 10.8. The predicted molar refractivity (Wildman–Crippen MR) is 74.3 cm³/mol. The summed E-state index contributed by atoms with van der Waals surface area (Å²) >= 11 is 0. The van der Waals surface area contributed by atoms with Gasteiger partial charge in [-0.05, 0) is 51.4 Å². The number of aldehydes is 1. The number of hydrogen-bond acceptors (Lipinski definition) is 4. The molecule has 0 radical (unpaired) electrons. The average molecular weight is 280 g/mol. The van der Waals surface area contributed by atoms with Gasteiger partial charge in [-0.1, -0.05) is 11.6 Å². The second-order valence-electron chi connectivity index (χ2n) is 6.41. The van der Waals surface area contributed by atoms with Crippen LogP contribution < -0.4 is 0 Å². The molecule has 0 bridgehead atoms. The molecule has 0 N–H and O–H groups in total. The van der Waals surface area contributed by atoms with Crippen LogP contribution in [0.5, 0.6) is 0 Å². The second-order valence-corrected chi connectivity index (χ2v) is 6.41. The summed E-state index contributed by atoms with van der Waals surface area (Å²) in [5.74, 6) is 0.481. The molecule has 1 saturated carbocycles. The highest BCUT2D eigenvalue weighted by molar-refractivity contribution is 5.57. The van der Waals surface area contributed by atoms with Crippen LogP contribution in [-0.4, -0.2) is 37.5 Å². The van der Waals surface area contributed by atoms with Gasteiger partial charge < -0.3 is 19.0 Å². The standard InChI is InChI=1S/C16H24O4/c1-16-10-12(8-13(16)9-14(11-17)20-16)5-7-19-15-4-2-3-6-18-15/h5,11,13-15H,2-4,6-10H2,1H3/b12-5+/t13-,14-,15?,16-/m0/s1. The van der Waals surface area contributed by atoms with E-state index in [1.807, 2.05) is 0 Å². The number of carbonyl (C=O) groups excluding carboxylic acids is 1. The fourth-order valence-electron chi connectivity index (χ4n) is 3.70. The fraction of sp³-hybridized carbons (Fsp3) is 0.812. The van der Waals surface area contributed by atoms with Crippen molar-refractivity contribution in [3.8, 4) is 0 Å². The molecule has 3 aliphatic rings. The first-order valence-electron chi connectivity index (χ1n) is 7.74. The fourth-order valence-corrected chi connectivity index (χ4v) is 3.70. The molecule has 0 aromatic carbocycles. The van der Waals surface area contributed by atoms with Crippen LogP contribution in [0.4, 0.5) is 0 Å². The van der Waals surface area contributed by atoms with Crippen molar-refractivity contribution >= 4 is 6.29 Å². The molecule has 20 heavy (non-hydrogen) atoms. The molecule has 1 unspecified atom stereocenters. The van der Waals surface area contributed by atoms with Crippen LogP contribution in [0.15, 0.2) is 11.6 Å². The minimum absolute atomic E-state index is 0.0206. The maximum Gasteiger partial charge on any atom is 0.157 e. The third kappa shape index (κ3) is 2.97. The Balaban J connectivity index is 1.48. The zero-order valence-corrected chi connectivity index (χ0v) is 12.2. The lowest BCUT2D eigenvalue weighted by Gasteiger charge is -2.23. The number of fused-ring (bicyclic) bond motifs is 1. The van der Waals surface area contributed by atoms with Crippen molar-refractivity contribution in [2.75, 3.05) is 13.2 Å². The highest BCUT2D eigenvalue weighted by Crippen LogP contribution is 2.49. The van der Waals surface area contributed by atoms with Gasteiger partial charge in [-0.2, -0.15) is 0 Å². The van der Waals surface area contributed by atoms with Gasteiger partial charge in [0.1, 0.15) is 12.4 Å². The molecular formula is C16H24O4. The molecule has 3 fully saturated rings. The smallest absolute Gasteiger partial charge is 0.157 e. The Morgan fingerprint density at radius 2 is 2.35 bits per heavy atom. The maximum absolute atomic E-state index is 10.8. The van der Waals surface area contributed by atoms with E-state index in [0.717, 1.165) is 45.0 Å². The Kier molecular flexibility index (Phi) is 4.24. The van der Waals surface area contributed by atoms with Crippen LogP contribution in [0, 0.1) is 5.92 Å². The first kappa shape index (κ1) is 14.2. The molecule has 112 valence electrons. The van der Waals surface area contributed by atoms with Crippen LogP contribution in [-0.2, 0) is 19.0 Å². The molecule has 1 aliphatic carbocycles. The minimum atomic E-state index is -0.196. The van der Waals surface area contributed by atoms with E-state index in [1.165, 1.54) is 12.0 Å². The normalized spacial score (nSPS) is 42.9. The van der Waals surface area contributed by atoms with E-state index in [1.54, 1.807) is 0 Å². The summed E-state index contributed by atoms with van der Waals surface area (Å²) in [6, 6.07) is 0. The lowest BCUT2D eigenvalue weighted by molar-refractivity contribution is -0.155. The molecule has 0 amide bonds. The van der Waals surface area contributed by atoms with E-state index in [4.69, 9.17) is 14.2 Å². The molecule has 2 heterocycles. The molecule has 4 nitrogen and oxygen atoms in total. The van der Waals surface area contributed by atoms with Crippen LogP contribution in [0.25, 0.3) is 0 Å². The average Bonchev–Trinajstić information content (AvgIpc) is 2.91. The first-order chi connectivity index (χ1) is 9.69. The molecule has 4 atom stereocenters. The molecule has 0 aromatic rings. The largest absolute Gasteiger partial charge is 0.364 e. The van der Waals surface area contributed by atoms with Gasteiger partial charge >= 0.3 is 0 Å². The molecule has 0 aromatic heterocycles. The Bertz CT molecular complexity index is 386. The molecule has 0 spiro atoms. The van der Waals surface area contributed by atoms with E-state index in [0.29, 0.717) is 12.5 Å². The number of hydrogen-bond donors (Lipinski definition) is 0. The Hall–Kier alpha value is -0.710. The molecular weight excluding hydrogens is 256 g/mol. The van der Waals surface area contributed by atoms with Gasteiger partial charge in [-0.15, -0.1) is 0 Å². The third-order valence-electron chi connectivity index (χ3n) is 4.83. The molecule has 3 rings (SSSR count). The predicted octanol–water partition coefficient (Wildman–Crippen LogP) is 2.61. The summed E-state index contributed by atoms with van der Waals surface area (Å²) in [5.41, 5.74) is 1.26. The molecule has 4 heteroatoms. The Morgan fingerprint density at radius 1 is 1.45 bits per heavy atom. The van der Waals surface area contributed by atoms with Crippen molar-refractivity contribution in [3.05, 3.63) is 11.6 Å². The SMILES string of the molecule is C[C@]12C/C(=C/COC3CCCCO3)C[C@H]1C[C@@H](C=O)O2. The van der Waals surface area contributed by atoms with Crippen molar-refractivity contribution in [2.24, 2.45) is 5.92 Å². The van der Waals surface area contributed by atoms with E-state index in [-0.39, 0.29) is 18.0 Å². The van der Waals surface area contributed by atoms with Gasteiger partial charge in [0.15, 0.2) is 6.29 Å². The van der Waals surface area contributed by atoms with E-state index >= 15 is 0 Å². The summed E-state index contributed by atoms with van der Waals surface area (Å²) in [7, 11) is 0. The van der Waals surface area contributed by atoms with Gasteiger partial charge in [-0.25, -0.2) is 0 Å². The monoisotopic (exact) mass is 280 g/mol. The Morgan fingerprint density at radius 3 is 3.05 bits per heavy atom. The highest BCUT2D eigenvalue weighted by Gasteiger charge is 2.49. The van der Waals surface area contributed by atoms with Gasteiger partial charge in [0.2, 0.25) is 0 Å². The van der Waals surface area contributed by atoms with E-state index in [2.05, 4.69) is 13.0 Å². The van der Waals surface area contributed by atoms with Crippen molar-refractivity contribution in [1.29, 1.82) is 0 Å². The van der Waals surface area contributed by atoms with Crippen molar-refractivity contribution in [1.82, 2.24) is 0 Å². The van der Waals surface area contributed by atoms with Crippen LogP contribution >= 0.6 is 0 Å². The van der Waals surface area contributed by atoms with Crippen LogP contribution in [0.3, 0.4) is 0 Å². The van der Waals surface area contributed by atoms with Crippen molar-refractivity contribution in [2.45, 2.75) is 63.4 Å². The number of rotatable bonds is 4. The zero-order chi connectivity index (χ0) is 14.0. The van der Waals surface area contributed by atoms with Gasteiger partial charge in [-0.3, -0.25) is 0 Å². The van der Waals surface area contributed by atoms with Crippen molar-refractivity contribution in [3.63, 3.8) is 0 Å². The summed E-state index contributed by atoms with van der Waals surface area (Å²) in [6.45, 7) is 3.58. The van der Waals surface area contributed by atoms with Gasteiger partial charge in [0.05, 0.1) is 12.2 Å². The summed E-state index contributed by atoms with van der Waals surface area (Å²) < 4.78 is 17.2. The van der Waals surface area contributed by atoms with Gasteiger partial charge in [0, 0.05) is 6.61 Å². The quantitative estimate of drug-likeness (QED) is 0.586. The molecule has 2 aliphatic heterocycles. The van der Waals surface area contributed by atoms with Crippen LogP contribution in [0.1, 0.15) is 45.4 Å². The zero-order valence-electron chi connectivity index (χ0n) is 12.2. The molecule has 2 saturated heterocycles. The van der Waals surface area contributed by atoms with Crippen molar-refractivity contribution < 1.29 is 19.0 Å². The minimum Gasteiger partial charge on any atom is -0.364 e. The number of ether oxygens (including phenoxy) is 3. The second kappa shape index (κ2) is 5.96. The lowest BCUT2D eigenvalue weighted by atomic mass is 9.92. The summed E-state index contributed by atoms with van der Waals surface area (Å²) in [6.07, 6.45) is 9.09. The maximum atomic E-state index is 10.8. The topological polar surface area (TPSA) is 44.8 Å². The van der Waals surface area contributed by atoms with E-state index in [9.17, 15) is 4.79 Å². The summed E-state index contributed by atoms with van der Waals surface area (Å²) in [5, 5.41) is 0. The lowest BCUT2D eigenvalue weighted by Crippen LogP contribution is -2.27. The Labute approximate surface area is 120 Å². The van der Waals surface area contributed by atoms with E-state index < -0.39 is 0 Å².